The van der Waals surface area contributed by atoms with Crippen molar-refractivity contribution in [1.29, 1.82) is 0 Å². The van der Waals surface area contributed by atoms with Gasteiger partial charge in [-0.15, -0.1) is 0 Å². The van der Waals surface area contributed by atoms with Crippen LogP contribution in [0.1, 0.15) is 45.8 Å². The average molecular weight is 478 g/mol. The second kappa shape index (κ2) is 8.92. The smallest absolute Gasteiger partial charge is 0.410 e. The third kappa shape index (κ3) is 4.52. The van der Waals surface area contributed by atoms with E-state index in [0.717, 1.165) is 15.9 Å². The van der Waals surface area contributed by atoms with Crippen molar-refractivity contribution in [3.05, 3.63) is 53.0 Å². The molecule has 0 aliphatic carbocycles. The number of anilines is 1. The number of halogens is 3. The molecule has 34 heavy (non-hydrogen) atoms. The van der Waals surface area contributed by atoms with Crippen LogP contribution in [0.4, 0.5) is 19.0 Å². The van der Waals surface area contributed by atoms with E-state index < -0.39 is 24.2 Å². The summed E-state index contributed by atoms with van der Waals surface area (Å²) in [4.78, 5) is 12.7. The zero-order valence-corrected chi connectivity index (χ0v) is 19.1. The van der Waals surface area contributed by atoms with Gasteiger partial charge >= 0.3 is 6.18 Å². The summed E-state index contributed by atoms with van der Waals surface area (Å²) in [5.41, 5.74) is 2.05. The molecule has 2 atom stereocenters. The molecule has 12 heteroatoms. The molecule has 1 aliphatic rings. The highest BCUT2D eigenvalue weighted by Crippen LogP contribution is 2.44. The van der Waals surface area contributed by atoms with E-state index in [1.165, 1.54) is 20.3 Å². The summed E-state index contributed by atoms with van der Waals surface area (Å²) in [6.45, 7) is 1.99. The Bertz CT molecular complexity index is 1200. The number of aromatic nitrogens is 4. The number of fused-ring (bicyclic) bond motifs is 1. The molecule has 1 amide bonds. The van der Waals surface area contributed by atoms with Gasteiger partial charge in [0.15, 0.2) is 23.2 Å². The Morgan fingerprint density at radius 3 is 2.56 bits per heavy atom. The van der Waals surface area contributed by atoms with Gasteiger partial charge in [0, 0.05) is 37.8 Å². The van der Waals surface area contributed by atoms with Crippen LogP contribution in [-0.2, 0) is 13.6 Å². The maximum atomic E-state index is 14.0. The second-order valence-electron chi connectivity index (χ2n) is 8.06. The average Bonchev–Trinajstić information content (AvgIpc) is 3.37. The molecule has 0 unspecified atom stereocenters. The molecule has 3 aromatic rings. The van der Waals surface area contributed by atoms with Crippen LogP contribution in [0.25, 0.3) is 0 Å². The van der Waals surface area contributed by atoms with Crippen molar-refractivity contribution in [1.82, 2.24) is 24.9 Å². The number of aryl methyl sites for hydroxylation is 2. The van der Waals surface area contributed by atoms with Crippen LogP contribution in [0.15, 0.2) is 30.5 Å². The number of benzene rings is 1. The van der Waals surface area contributed by atoms with Gasteiger partial charge in [-0.3, -0.25) is 9.48 Å². The van der Waals surface area contributed by atoms with Gasteiger partial charge in [0.25, 0.3) is 5.91 Å². The molecule has 0 spiro atoms. The third-order valence-electron chi connectivity index (χ3n) is 5.79. The SMILES string of the molecule is COc1ccc([C@@H]2C[C@H](C(F)(F)F)n3nc(C(=O)NCc4cn(C)nc4C)cc3N2)cc1OC. The van der Waals surface area contributed by atoms with Crippen LogP contribution in [0.2, 0.25) is 0 Å². The highest BCUT2D eigenvalue weighted by atomic mass is 19.4. The Hall–Kier alpha value is -3.70. The van der Waals surface area contributed by atoms with E-state index in [-0.39, 0.29) is 24.5 Å². The van der Waals surface area contributed by atoms with E-state index in [9.17, 15) is 18.0 Å². The van der Waals surface area contributed by atoms with Crippen LogP contribution < -0.4 is 20.1 Å². The lowest BCUT2D eigenvalue weighted by molar-refractivity contribution is -0.173. The fourth-order valence-corrected chi connectivity index (χ4v) is 4.06. The maximum absolute atomic E-state index is 14.0. The first-order valence-electron chi connectivity index (χ1n) is 10.5. The van der Waals surface area contributed by atoms with Crippen molar-refractivity contribution in [2.45, 2.75) is 38.1 Å². The predicted molar refractivity (Wildman–Crippen MR) is 117 cm³/mol. The standard InChI is InChI=1S/C22H25F3N6O3/c1-12-14(11-30(2)28-12)10-26-21(32)16-9-20-27-15(8-19(22(23,24)25)31(20)29-16)13-5-6-17(33-3)18(7-13)34-4/h5-7,9,11,15,19,27H,8,10H2,1-4H3,(H,26,32)/t15-,19+/m0/s1. The molecule has 1 aliphatic heterocycles. The monoisotopic (exact) mass is 478 g/mol. The van der Waals surface area contributed by atoms with E-state index in [4.69, 9.17) is 9.47 Å². The first kappa shape index (κ1) is 23.5. The summed E-state index contributed by atoms with van der Waals surface area (Å²) < 4.78 is 54.8. The van der Waals surface area contributed by atoms with Crippen LogP contribution in [0, 0.1) is 6.92 Å². The lowest BCUT2D eigenvalue weighted by Gasteiger charge is -2.33. The maximum Gasteiger partial charge on any atom is 0.410 e. The van der Waals surface area contributed by atoms with Crippen LogP contribution in [0.3, 0.4) is 0 Å². The van der Waals surface area contributed by atoms with Crippen LogP contribution in [0.5, 0.6) is 11.5 Å². The lowest BCUT2D eigenvalue weighted by Crippen LogP contribution is -2.35. The van der Waals surface area contributed by atoms with Gasteiger partial charge in [0.1, 0.15) is 5.82 Å². The van der Waals surface area contributed by atoms with Crippen molar-refractivity contribution >= 4 is 11.7 Å². The molecule has 182 valence electrons. The number of carbonyl (C=O) groups is 1. The molecule has 2 aromatic heterocycles. The number of nitrogens with zero attached hydrogens (tertiary/aromatic N) is 4. The number of hydrogen-bond donors (Lipinski definition) is 2. The van der Waals surface area contributed by atoms with Crippen molar-refractivity contribution in [3.8, 4) is 11.5 Å². The molecule has 0 bridgehead atoms. The van der Waals surface area contributed by atoms with Gasteiger partial charge in [-0.1, -0.05) is 6.07 Å². The van der Waals surface area contributed by atoms with Crippen LogP contribution in [-0.4, -0.2) is 45.9 Å². The minimum Gasteiger partial charge on any atom is -0.493 e. The minimum absolute atomic E-state index is 0.105. The van der Waals surface area contributed by atoms with Crippen molar-refractivity contribution < 1.29 is 27.4 Å². The van der Waals surface area contributed by atoms with Crippen molar-refractivity contribution in [3.63, 3.8) is 0 Å². The highest BCUT2D eigenvalue weighted by molar-refractivity contribution is 5.93. The topological polar surface area (TPSA) is 95.2 Å². The number of carbonyl (C=O) groups excluding carboxylic acids is 1. The molecule has 0 saturated carbocycles. The van der Waals surface area contributed by atoms with Gasteiger partial charge in [-0.2, -0.15) is 23.4 Å². The minimum atomic E-state index is -4.56. The van der Waals surface area contributed by atoms with E-state index in [0.29, 0.717) is 17.1 Å². The quantitative estimate of drug-likeness (QED) is 0.563. The molecule has 9 nitrogen and oxygen atoms in total. The molecule has 0 fully saturated rings. The molecule has 1 aromatic carbocycles. The Morgan fingerprint density at radius 2 is 1.94 bits per heavy atom. The first-order valence-corrected chi connectivity index (χ1v) is 10.5. The summed E-state index contributed by atoms with van der Waals surface area (Å²) in [6.07, 6.45) is -3.09. The summed E-state index contributed by atoms with van der Waals surface area (Å²) in [6, 6.07) is 3.72. The number of alkyl halides is 3. The highest BCUT2D eigenvalue weighted by Gasteiger charge is 2.47. The van der Waals surface area contributed by atoms with Crippen molar-refractivity contribution in [2.75, 3.05) is 19.5 Å². The number of rotatable bonds is 6. The number of hydrogen-bond acceptors (Lipinski definition) is 6. The Labute approximate surface area is 193 Å². The van der Waals surface area contributed by atoms with E-state index in [1.54, 1.807) is 36.1 Å². The molecule has 3 heterocycles. The largest absolute Gasteiger partial charge is 0.493 e. The third-order valence-corrected chi connectivity index (χ3v) is 5.79. The zero-order chi connectivity index (χ0) is 24.6. The second-order valence-corrected chi connectivity index (χ2v) is 8.06. The first-order chi connectivity index (χ1) is 16.1. The van der Waals surface area contributed by atoms with E-state index in [2.05, 4.69) is 20.8 Å². The normalized spacial score (nSPS) is 17.6. The summed E-state index contributed by atoms with van der Waals surface area (Å²) in [5.74, 6) is 0.420. The number of amides is 1. The van der Waals surface area contributed by atoms with Gasteiger partial charge in [-0.25, -0.2) is 4.68 Å². The number of ether oxygens (including phenoxy) is 2. The molecule has 0 radical (unpaired) electrons. The molecule has 4 rings (SSSR count). The van der Waals surface area contributed by atoms with Crippen molar-refractivity contribution in [2.24, 2.45) is 7.05 Å². The van der Waals surface area contributed by atoms with E-state index >= 15 is 0 Å². The Kier molecular flexibility index (Phi) is 6.15. The van der Waals surface area contributed by atoms with Gasteiger partial charge in [0.2, 0.25) is 0 Å². The van der Waals surface area contributed by atoms with Gasteiger partial charge in [0.05, 0.1) is 26.0 Å². The van der Waals surface area contributed by atoms with E-state index in [1.807, 2.05) is 6.92 Å². The lowest BCUT2D eigenvalue weighted by atomic mass is 9.96. The summed E-state index contributed by atoms with van der Waals surface area (Å²) in [7, 11) is 4.71. The molecule has 2 N–H and O–H groups in total. The molecular weight excluding hydrogens is 453 g/mol. The van der Waals surface area contributed by atoms with Gasteiger partial charge in [-0.05, 0) is 24.6 Å². The Morgan fingerprint density at radius 1 is 1.21 bits per heavy atom. The predicted octanol–water partition coefficient (Wildman–Crippen LogP) is 3.53. The number of nitrogens with one attached hydrogen (secondary N) is 2. The van der Waals surface area contributed by atoms with Gasteiger partial charge < -0.3 is 20.1 Å². The Balaban J connectivity index is 1.60. The zero-order valence-electron chi connectivity index (χ0n) is 19.1. The molecule has 0 saturated heterocycles. The fourth-order valence-electron chi connectivity index (χ4n) is 4.06. The van der Waals surface area contributed by atoms with Crippen LogP contribution >= 0.6 is 0 Å². The fraction of sp³-hybridized carbons (Fsp3) is 0.409. The molecular formula is C22H25F3N6O3. The summed E-state index contributed by atoms with van der Waals surface area (Å²) >= 11 is 0. The summed E-state index contributed by atoms with van der Waals surface area (Å²) in [5, 5.41) is 14.0. The number of methoxy groups -OCH3 is 2.